The molecule has 3 rings (SSSR count). The maximum absolute atomic E-state index is 13.0. The average Bonchev–Trinajstić information content (AvgIpc) is 3.24. The second kappa shape index (κ2) is 7.70. The summed E-state index contributed by atoms with van der Waals surface area (Å²) in [5.41, 5.74) is 0.868. The van der Waals surface area contributed by atoms with Crippen LogP contribution in [0.1, 0.15) is 10.4 Å². The van der Waals surface area contributed by atoms with Gasteiger partial charge in [-0.25, -0.2) is 4.39 Å². The lowest BCUT2D eigenvalue weighted by atomic mass is 10.2. The maximum Gasteiger partial charge on any atom is 0.289 e. The summed E-state index contributed by atoms with van der Waals surface area (Å²) in [5.74, 6) is -1.74. The molecule has 1 aromatic carbocycles. The average molecular weight is 374 g/mol. The highest BCUT2D eigenvalue weighted by atomic mass is 32.1. The number of benzene rings is 1. The van der Waals surface area contributed by atoms with Gasteiger partial charge in [-0.05, 0) is 35.6 Å². The number of hydrogen-bond acceptors (Lipinski definition) is 4. The lowest BCUT2D eigenvalue weighted by molar-refractivity contribution is -0.128. The van der Waals surface area contributed by atoms with E-state index in [1.54, 1.807) is 30.5 Å². The van der Waals surface area contributed by atoms with Crippen molar-refractivity contribution >= 4 is 23.2 Å². The fraction of sp³-hybridized carbons (Fsp3) is 0.263. The van der Waals surface area contributed by atoms with Crippen molar-refractivity contribution in [3.8, 4) is 0 Å². The van der Waals surface area contributed by atoms with Crippen molar-refractivity contribution in [1.82, 2.24) is 9.80 Å². The summed E-state index contributed by atoms with van der Waals surface area (Å²) in [6.07, 6.45) is 0.684. The van der Waals surface area contributed by atoms with E-state index in [9.17, 15) is 19.1 Å². The molecule has 0 fully saturated rings. The molecular weight excluding hydrogens is 355 g/mol. The summed E-state index contributed by atoms with van der Waals surface area (Å²) in [7, 11) is 1.59. The molecule has 136 valence electrons. The molecule has 0 radical (unpaired) electrons. The van der Waals surface area contributed by atoms with Crippen LogP contribution in [0.3, 0.4) is 0 Å². The van der Waals surface area contributed by atoms with Gasteiger partial charge in [0.15, 0.2) is 5.76 Å². The molecular formula is C19H19FN2O3S. The molecule has 0 aliphatic carbocycles. The first kappa shape index (κ1) is 18.1. The summed E-state index contributed by atoms with van der Waals surface area (Å²) < 4.78 is 13.0. The summed E-state index contributed by atoms with van der Waals surface area (Å²) in [6.45, 7) is 0.809. The number of aliphatic hydroxyl groups excluding tert-OH is 1. The minimum Gasteiger partial charge on any atom is -0.503 e. The van der Waals surface area contributed by atoms with Gasteiger partial charge in [0, 0.05) is 25.0 Å². The van der Waals surface area contributed by atoms with Gasteiger partial charge in [-0.2, -0.15) is 0 Å². The topological polar surface area (TPSA) is 60.9 Å². The Labute approximate surface area is 155 Å². The SMILES string of the molecule is CN(Cc1ccc(F)cc1)C(=O)C1=C(O)C(=O)N(CCc2cccs2)C1. The molecule has 0 spiro atoms. The van der Waals surface area contributed by atoms with Crippen LogP contribution < -0.4 is 0 Å². The monoisotopic (exact) mass is 374 g/mol. The van der Waals surface area contributed by atoms with E-state index in [0.717, 1.165) is 10.4 Å². The van der Waals surface area contributed by atoms with Crippen molar-refractivity contribution < 1.29 is 19.1 Å². The van der Waals surface area contributed by atoms with Crippen LogP contribution >= 0.6 is 11.3 Å². The minimum atomic E-state index is -0.514. The van der Waals surface area contributed by atoms with Crippen LogP contribution in [-0.2, 0) is 22.6 Å². The molecule has 0 unspecified atom stereocenters. The van der Waals surface area contributed by atoms with E-state index in [0.29, 0.717) is 13.0 Å². The first-order valence-electron chi connectivity index (χ1n) is 8.19. The predicted molar refractivity (Wildman–Crippen MR) is 97.1 cm³/mol. The van der Waals surface area contributed by atoms with Crippen LogP contribution in [0.25, 0.3) is 0 Å². The van der Waals surface area contributed by atoms with Crippen molar-refractivity contribution in [2.24, 2.45) is 0 Å². The Morgan fingerprint density at radius 2 is 2.04 bits per heavy atom. The van der Waals surface area contributed by atoms with Crippen molar-refractivity contribution in [3.63, 3.8) is 0 Å². The van der Waals surface area contributed by atoms with Crippen LogP contribution in [0.5, 0.6) is 0 Å². The van der Waals surface area contributed by atoms with Crippen LogP contribution in [0.2, 0.25) is 0 Å². The van der Waals surface area contributed by atoms with Gasteiger partial charge in [-0.1, -0.05) is 18.2 Å². The molecule has 5 nitrogen and oxygen atoms in total. The van der Waals surface area contributed by atoms with E-state index in [-0.39, 0.29) is 24.5 Å². The molecule has 1 N–H and O–H groups in total. The summed E-state index contributed by atoms with van der Waals surface area (Å²) in [5, 5.41) is 12.1. The molecule has 1 aliphatic heterocycles. The minimum absolute atomic E-state index is 0.0998. The number of carbonyl (C=O) groups is 2. The van der Waals surface area contributed by atoms with Crippen molar-refractivity contribution in [1.29, 1.82) is 0 Å². The quantitative estimate of drug-likeness (QED) is 0.846. The van der Waals surface area contributed by atoms with E-state index in [1.807, 2.05) is 17.5 Å². The van der Waals surface area contributed by atoms with Crippen molar-refractivity contribution in [3.05, 3.63) is 69.4 Å². The summed E-state index contributed by atoms with van der Waals surface area (Å²) in [4.78, 5) is 28.9. The molecule has 0 bridgehead atoms. The normalized spacial score (nSPS) is 14.2. The lowest BCUT2D eigenvalue weighted by Gasteiger charge is -2.19. The number of hydrogen-bond donors (Lipinski definition) is 1. The Hall–Kier alpha value is -2.67. The Balaban J connectivity index is 1.62. The summed E-state index contributed by atoms with van der Waals surface area (Å²) >= 11 is 1.61. The highest BCUT2D eigenvalue weighted by Crippen LogP contribution is 2.21. The predicted octanol–water partition coefficient (Wildman–Crippen LogP) is 2.74. The number of nitrogens with zero attached hydrogens (tertiary/aromatic N) is 2. The zero-order valence-electron chi connectivity index (χ0n) is 14.3. The third kappa shape index (κ3) is 3.94. The van der Waals surface area contributed by atoms with Crippen LogP contribution in [0.15, 0.2) is 53.1 Å². The number of rotatable bonds is 6. The van der Waals surface area contributed by atoms with Crippen LogP contribution in [0.4, 0.5) is 4.39 Å². The molecule has 2 aromatic rings. The van der Waals surface area contributed by atoms with Gasteiger partial charge in [0.25, 0.3) is 11.8 Å². The zero-order chi connectivity index (χ0) is 18.7. The Kier molecular flexibility index (Phi) is 5.37. The van der Waals surface area contributed by atoms with Gasteiger partial charge in [-0.15, -0.1) is 11.3 Å². The van der Waals surface area contributed by atoms with Gasteiger partial charge < -0.3 is 14.9 Å². The van der Waals surface area contributed by atoms with E-state index >= 15 is 0 Å². The molecule has 0 saturated heterocycles. The van der Waals surface area contributed by atoms with Crippen LogP contribution in [-0.4, -0.2) is 46.9 Å². The number of aliphatic hydroxyl groups is 1. The third-order valence-corrected chi connectivity index (χ3v) is 5.21. The van der Waals surface area contributed by atoms with Gasteiger partial charge >= 0.3 is 0 Å². The summed E-state index contributed by atoms with van der Waals surface area (Å²) in [6, 6.07) is 9.79. The van der Waals surface area contributed by atoms with E-state index in [2.05, 4.69) is 0 Å². The zero-order valence-corrected chi connectivity index (χ0v) is 15.1. The first-order valence-corrected chi connectivity index (χ1v) is 9.07. The van der Waals surface area contributed by atoms with E-state index < -0.39 is 17.6 Å². The van der Waals surface area contributed by atoms with Gasteiger partial charge in [0.1, 0.15) is 5.82 Å². The molecule has 1 aliphatic rings. The molecule has 0 atom stereocenters. The van der Waals surface area contributed by atoms with Crippen molar-refractivity contribution in [2.45, 2.75) is 13.0 Å². The standard InChI is InChI=1S/C19H19FN2O3S/c1-21(11-13-4-6-14(20)7-5-13)18(24)16-12-22(19(25)17(16)23)9-8-15-3-2-10-26-15/h2-7,10,23H,8-9,11-12H2,1H3. The number of thiophene rings is 1. The van der Waals surface area contributed by atoms with Gasteiger partial charge in [0.2, 0.25) is 0 Å². The van der Waals surface area contributed by atoms with E-state index in [1.165, 1.54) is 21.9 Å². The first-order chi connectivity index (χ1) is 12.5. The molecule has 0 saturated carbocycles. The smallest absolute Gasteiger partial charge is 0.289 e. The number of carbonyl (C=O) groups excluding carboxylic acids is 2. The van der Waals surface area contributed by atoms with E-state index in [4.69, 9.17) is 0 Å². The third-order valence-electron chi connectivity index (χ3n) is 4.27. The van der Waals surface area contributed by atoms with Crippen molar-refractivity contribution in [2.75, 3.05) is 20.1 Å². The number of likely N-dealkylation sites (N-methyl/N-ethyl adjacent to an activating group) is 1. The Morgan fingerprint density at radius 1 is 1.31 bits per heavy atom. The molecule has 1 aromatic heterocycles. The number of amides is 2. The van der Waals surface area contributed by atoms with Gasteiger partial charge in [0.05, 0.1) is 12.1 Å². The lowest BCUT2D eigenvalue weighted by Crippen LogP contribution is -2.32. The fourth-order valence-corrected chi connectivity index (χ4v) is 3.53. The maximum atomic E-state index is 13.0. The fourth-order valence-electron chi connectivity index (χ4n) is 2.83. The largest absolute Gasteiger partial charge is 0.503 e. The second-order valence-electron chi connectivity index (χ2n) is 6.17. The Morgan fingerprint density at radius 3 is 2.69 bits per heavy atom. The molecule has 2 heterocycles. The Bertz CT molecular complexity index is 831. The molecule has 7 heteroatoms. The highest BCUT2D eigenvalue weighted by Gasteiger charge is 2.34. The molecule has 26 heavy (non-hydrogen) atoms. The van der Waals surface area contributed by atoms with Gasteiger partial charge in [-0.3, -0.25) is 9.59 Å². The number of halogens is 1. The molecule has 2 amide bonds. The van der Waals surface area contributed by atoms with Crippen LogP contribution in [0, 0.1) is 5.82 Å². The highest BCUT2D eigenvalue weighted by molar-refractivity contribution is 7.09. The second-order valence-corrected chi connectivity index (χ2v) is 7.20.